The maximum absolute atomic E-state index is 12.7. The van der Waals surface area contributed by atoms with Gasteiger partial charge in [0.25, 0.3) is 0 Å². The van der Waals surface area contributed by atoms with Crippen LogP contribution in [0, 0.1) is 0 Å². The van der Waals surface area contributed by atoms with Crippen LogP contribution in [-0.2, 0) is 4.74 Å². The van der Waals surface area contributed by atoms with Gasteiger partial charge in [-0.25, -0.2) is 4.39 Å². The SMILES string of the molecule is C[C@@H]1O[C@H](CO)[C@H](O)C1F. The van der Waals surface area contributed by atoms with Gasteiger partial charge in [0.2, 0.25) is 0 Å². The number of hydrogen-bond donors (Lipinski definition) is 2. The van der Waals surface area contributed by atoms with E-state index in [1.165, 1.54) is 6.92 Å². The highest BCUT2D eigenvalue weighted by Gasteiger charge is 2.40. The minimum absolute atomic E-state index is 0.327. The Bertz CT molecular complexity index is 120. The van der Waals surface area contributed by atoms with Crippen LogP contribution in [0.4, 0.5) is 4.39 Å². The molecule has 3 nitrogen and oxygen atoms in total. The zero-order chi connectivity index (χ0) is 7.72. The maximum atomic E-state index is 12.7. The van der Waals surface area contributed by atoms with Crippen molar-refractivity contribution < 1.29 is 19.3 Å². The average molecular weight is 150 g/mol. The fourth-order valence-corrected chi connectivity index (χ4v) is 1.07. The highest BCUT2D eigenvalue weighted by molar-refractivity contribution is 4.88. The normalized spacial score (nSPS) is 48.0. The van der Waals surface area contributed by atoms with Gasteiger partial charge in [0.05, 0.1) is 12.7 Å². The summed E-state index contributed by atoms with van der Waals surface area (Å²) in [6.07, 6.45) is -3.88. The van der Waals surface area contributed by atoms with Crippen LogP contribution >= 0.6 is 0 Å². The van der Waals surface area contributed by atoms with E-state index in [4.69, 9.17) is 14.9 Å². The summed E-state index contributed by atoms with van der Waals surface area (Å²) in [5.41, 5.74) is 0. The van der Waals surface area contributed by atoms with Gasteiger partial charge in [-0.2, -0.15) is 0 Å². The van der Waals surface area contributed by atoms with Gasteiger partial charge in [-0.05, 0) is 6.92 Å². The Morgan fingerprint density at radius 3 is 2.40 bits per heavy atom. The Balaban J connectivity index is 2.53. The first-order valence-corrected chi connectivity index (χ1v) is 3.25. The first kappa shape index (κ1) is 7.91. The summed E-state index contributed by atoms with van der Waals surface area (Å²) in [5.74, 6) is 0. The smallest absolute Gasteiger partial charge is 0.154 e. The number of rotatable bonds is 1. The third-order valence-corrected chi connectivity index (χ3v) is 1.73. The minimum Gasteiger partial charge on any atom is -0.394 e. The maximum Gasteiger partial charge on any atom is 0.154 e. The fraction of sp³-hybridized carbons (Fsp3) is 1.00. The number of alkyl halides is 1. The van der Waals surface area contributed by atoms with Crippen molar-refractivity contribution in [2.75, 3.05) is 6.61 Å². The lowest BCUT2D eigenvalue weighted by atomic mass is 10.1. The largest absolute Gasteiger partial charge is 0.394 e. The van der Waals surface area contributed by atoms with Crippen molar-refractivity contribution >= 4 is 0 Å². The molecule has 60 valence electrons. The van der Waals surface area contributed by atoms with Crippen molar-refractivity contribution in [2.45, 2.75) is 31.4 Å². The molecule has 1 heterocycles. The van der Waals surface area contributed by atoms with Gasteiger partial charge >= 0.3 is 0 Å². The van der Waals surface area contributed by atoms with Crippen LogP contribution in [0.1, 0.15) is 6.92 Å². The van der Waals surface area contributed by atoms with Crippen LogP contribution in [0.2, 0.25) is 0 Å². The highest BCUT2D eigenvalue weighted by Crippen LogP contribution is 2.22. The summed E-state index contributed by atoms with van der Waals surface area (Å²) in [5, 5.41) is 17.5. The van der Waals surface area contributed by atoms with Crippen molar-refractivity contribution in [2.24, 2.45) is 0 Å². The van der Waals surface area contributed by atoms with E-state index >= 15 is 0 Å². The molecule has 1 unspecified atom stereocenters. The molecule has 1 saturated heterocycles. The summed E-state index contributed by atoms with van der Waals surface area (Å²) in [6, 6.07) is 0. The van der Waals surface area contributed by atoms with E-state index in [0.29, 0.717) is 0 Å². The van der Waals surface area contributed by atoms with Gasteiger partial charge in [-0.15, -0.1) is 0 Å². The lowest BCUT2D eigenvalue weighted by Crippen LogP contribution is -2.30. The molecular formula is C6H11FO3. The number of aliphatic hydroxyl groups excluding tert-OH is 2. The Kier molecular flexibility index (Phi) is 2.23. The van der Waals surface area contributed by atoms with Crippen LogP contribution in [0.5, 0.6) is 0 Å². The molecule has 0 aromatic heterocycles. The Hall–Kier alpha value is -0.190. The van der Waals surface area contributed by atoms with Crippen LogP contribution in [0.25, 0.3) is 0 Å². The topological polar surface area (TPSA) is 49.7 Å². The molecule has 10 heavy (non-hydrogen) atoms. The van der Waals surface area contributed by atoms with E-state index in [1.807, 2.05) is 0 Å². The molecule has 0 spiro atoms. The number of ether oxygens (including phenoxy) is 1. The van der Waals surface area contributed by atoms with Crippen molar-refractivity contribution in [3.05, 3.63) is 0 Å². The second-order valence-electron chi connectivity index (χ2n) is 2.50. The van der Waals surface area contributed by atoms with Gasteiger partial charge in [0.15, 0.2) is 6.17 Å². The first-order valence-electron chi connectivity index (χ1n) is 3.25. The molecule has 1 rings (SSSR count). The van der Waals surface area contributed by atoms with Gasteiger partial charge in [0.1, 0.15) is 12.2 Å². The molecule has 0 aromatic rings. The van der Waals surface area contributed by atoms with Crippen LogP contribution < -0.4 is 0 Å². The molecule has 0 bridgehead atoms. The second kappa shape index (κ2) is 2.82. The van der Waals surface area contributed by atoms with E-state index in [-0.39, 0.29) is 6.61 Å². The molecule has 0 radical (unpaired) electrons. The summed E-state index contributed by atoms with van der Waals surface area (Å²) in [4.78, 5) is 0. The third kappa shape index (κ3) is 1.14. The Morgan fingerprint density at radius 1 is 1.60 bits per heavy atom. The van der Waals surface area contributed by atoms with Crippen molar-refractivity contribution in [1.82, 2.24) is 0 Å². The standard InChI is InChI=1S/C6H11FO3/c1-3-5(7)6(9)4(2-8)10-3/h3-6,8-9H,2H2,1H3/t3-,4+,5?,6-/m0/s1. The first-order chi connectivity index (χ1) is 4.66. The van der Waals surface area contributed by atoms with E-state index in [1.54, 1.807) is 0 Å². The van der Waals surface area contributed by atoms with Crippen LogP contribution in [-0.4, -0.2) is 41.3 Å². The molecule has 1 fully saturated rings. The molecule has 1 aliphatic rings. The lowest BCUT2D eigenvalue weighted by Gasteiger charge is -2.09. The van der Waals surface area contributed by atoms with Crippen LogP contribution in [0.3, 0.4) is 0 Å². The van der Waals surface area contributed by atoms with Crippen molar-refractivity contribution in [1.29, 1.82) is 0 Å². The number of halogens is 1. The van der Waals surface area contributed by atoms with Gasteiger partial charge < -0.3 is 14.9 Å². The molecule has 4 heteroatoms. The van der Waals surface area contributed by atoms with Crippen molar-refractivity contribution in [3.63, 3.8) is 0 Å². The molecular weight excluding hydrogens is 139 g/mol. The van der Waals surface area contributed by atoms with E-state index in [0.717, 1.165) is 0 Å². The quantitative estimate of drug-likeness (QED) is 0.528. The van der Waals surface area contributed by atoms with Gasteiger partial charge in [0, 0.05) is 0 Å². The average Bonchev–Trinajstić information content (AvgIpc) is 2.17. The predicted octanol–water partition coefficient (Wildman–Crippen LogP) is -0.535. The van der Waals surface area contributed by atoms with Gasteiger partial charge in [-0.1, -0.05) is 0 Å². The molecule has 0 amide bonds. The highest BCUT2D eigenvalue weighted by atomic mass is 19.1. The van der Waals surface area contributed by atoms with E-state index in [9.17, 15) is 4.39 Å². The summed E-state index contributed by atoms with van der Waals surface area (Å²) >= 11 is 0. The van der Waals surface area contributed by atoms with E-state index < -0.39 is 24.5 Å². The lowest BCUT2D eigenvalue weighted by molar-refractivity contribution is -0.0171. The molecule has 2 N–H and O–H groups in total. The predicted molar refractivity (Wildman–Crippen MR) is 32.3 cm³/mol. The number of aliphatic hydroxyl groups is 2. The zero-order valence-corrected chi connectivity index (χ0v) is 5.70. The monoisotopic (exact) mass is 150 g/mol. The molecule has 0 aromatic carbocycles. The third-order valence-electron chi connectivity index (χ3n) is 1.73. The zero-order valence-electron chi connectivity index (χ0n) is 5.70. The van der Waals surface area contributed by atoms with Crippen molar-refractivity contribution in [3.8, 4) is 0 Å². The number of hydrogen-bond acceptors (Lipinski definition) is 3. The molecule has 4 atom stereocenters. The Morgan fingerprint density at radius 2 is 2.20 bits per heavy atom. The second-order valence-corrected chi connectivity index (χ2v) is 2.50. The van der Waals surface area contributed by atoms with Crippen LogP contribution in [0.15, 0.2) is 0 Å². The minimum atomic E-state index is -1.36. The van der Waals surface area contributed by atoms with Gasteiger partial charge in [-0.3, -0.25) is 0 Å². The van der Waals surface area contributed by atoms with E-state index in [2.05, 4.69) is 0 Å². The summed E-state index contributed by atoms with van der Waals surface area (Å²) < 4.78 is 17.5. The summed E-state index contributed by atoms with van der Waals surface area (Å²) in [7, 11) is 0. The molecule has 0 saturated carbocycles. The Labute approximate surface area is 58.4 Å². The fourth-order valence-electron chi connectivity index (χ4n) is 1.07. The molecule has 1 aliphatic heterocycles. The molecule has 0 aliphatic carbocycles. The summed E-state index contributed by atoms with van der Waals surface area (Å²) in [6.45, 7) is 1.20.